The van der Waals surface area contributed by atoms with Crippen LogP contribution >= 0.6 is 0 Å². The van der Waals surface area contributed by atoms with Crippen molar-refractivity contribution in [3.63, 3.8) is 0 Å². The molecule has 0 aliphatic heterocycles. The van der Waals surface area contributed by atoms with Crippen LogP contribution in [0.3, 0.4) is 0 Å². The number of hydrogen-bond donors (Lipinski definition) is 1. The minimum absolute atomic E-state index is 0.156. The van der Waals surface area contributed by atoms with Gasteiger partial charge in [-0.05, 0) is 11.6 Å². The zero-order valence-electron chi connectivity index (χ0n) is 8.78. The van der Waals surface area contributed by atoms with E-state index in [1.54, 1.807) is 19.5 Å². The monoisotopic (exact) mass is 196 g/mol. The van der Waals surface area contributed by atoms with Gasteiger partial charge in [0.15, 0.2) is 0 Å². The molecule has 0 saturated carbocycles. The van der Waals surface area contributed by atoms with Crippen molar-refractivity contribution in [3.05, 3.63) is 24.0 Å². The average molecular weight is 196 g/mol. The lowest BCUT2D eigenvalue weighted by Crippen LogP contribution is -2.26. The van der Waals surface area contributed by atoms with Gasteiger partial charge >= 0.3 is 0 Å². The molecule has 0 radical (unpaired) electrons. The molecule has 0 bridgehead atoms. The standard InChI is InChI=1S/C10H16N2O2/c1-10(2,7-14-11)8-4-9(13-3)6-12-5-8/h4-6H,7,11H2,1-3H3. The Labute approximate surface area is 84.0 Å². The number of methoxy groups -OCH3 is 1. The number of aromatic nitrogens is 1. The lowest BCUT2D eigenvalue weighted by molar-refractivity contribution is 0.0962. The summed E-state index contributed by atoms with van der Waals surface area (Å²) in [4.78, 5) is 8.75. The third kappa shape index (κ3) is 2.43. The predicted molar refractivity (Wildman–Crippen MR) is 54.0 cm³/mol. The first kappa shape index (κ1) is 10.9. The maximum absolute atomic E-state index is 5.09. The Hall–Kier alpha value is -1.13. The Morgan fingerprint density at radius 1 is 1.43 bits per heavy atom. The molecule has 0 fully saturated rings. The van der Waals surface area contributed by atoms with E-state index in [1.807, 2.05) is 19.9 Å². The van der Waals surface area contributed by atoms with Gasteiger partial charge in [-0.25, -0.2) is 5.90 Å². The Kier molecular flexibility index (Phi) is 3.43. The first-order valence-corrected chi connectivity index (χ1v) is 4.41. The van der Waals surface area contributed by atoms with Crippen molar-refractivity contribution in [1.29, 1.82) is 0 Å². The summed E-state index contributed by atoms with van der Waals surface area (Å²) in [6.45, 7) is 4.52. The van der Waals surface area contributed by atoms with Gasteiger partial charge in [-0.2, -0.15) is 0 Å². The molecule has 0 atom stereocenters. The largest absolute Gasteiger partial charge is 0.495 e. The fraction of sp³-hybridized carbons (Fsp3) is 0.500. The van der Waals surface area contributed by atoms with Gasteiger partial charge in [-0.1, -0.05) is 13.8 Å². The number of ether oxygens (including phenoxy) is 1. The summed E-state index contributed by atoms with van der Waals surface area (Å²) < 4.78 is 5.09. The zero-order valence-corrected chi connectivity index (χ0v) is 8.78. The molecule has 0 unspecified atom stereocenters. The van der Waals surface area contributed by atoms with Crippen molar-refractivity contribution in [2.24, 2.45) is 5.90 Å². The van der Waals surface area contributed by atoms with E-state index in [2.05, 4.69) is 9.82 Å². The molecule has 4 heteroatoms. The topological polar surface area (TPSA) is 57.4 Å². The summed E-state index contributed by atoms with van der Waals surface area (Å²) in [5.41, 5.74) is 0.887. The predicted octanol–water partition coefficient (Wildman–Crippen LogP) is 1.26. The lowest BCUT2D eigenvalue weighted by Gasteiger charge is -2.23. The second-order valence-corrected chi connectivity index (χ2v) is 3.81. The van der Waals surface area contributed by atoms with Crippen LogP contribution in [0.15, 0.2) is 18.5 Å². The van der Waals surface area contributed by atoms with Gasteiger partial charge in [-0.3, -0.25) is 4.98 Å². The Balaban J connectivity index is 2.93. The average Bonchev–Trinajstić information content (AvgIpc) is 2.18. The molecule has 14 heavy (non-hydrogen) atoms. The van der Waals surface area contributed by atoms with Crippen LogP contribution in [-0.4, -0.2) is 18.7 Å². The van der Waals surface area contributed by atoms with E-state index >= 15 is 0 Å². The maximum Gasteiger partial charge on any atom is 0.137 e. The molecular weight excluding hydrogens is 180 g/mol. The summed E-state index contributed by atoms with van der Waals surface area (Å²) in [7, 11) is 1.62. The van der Waals surface area contributed by atoms with E-state index in [4.69, 9.17) is 10.6 Å². The van der Waals surface area contributed by atoms with Gasteiger partial charge in [0, 0.05) is 11.6 Å². The van der Waals surface area contributed by atoms with Crippen LogP contribution in [0.2, 0.25) is 0 Å². The lowest BCUT2D eigenvalue weighted by atomic mass is 9.87. The van der Waals surface area contributed by atoms with Gasteiger partial charge in [0.1, 0.15) is 5.75 Å². The Morgan fingerprint density at radius 3 is 2.71 bits per heavy atom. The molecule has 0 spiro atoms. The smallest absolute Gasteiger partial charge is 0.137 e. The Morgan fingerprint density at radius 2 is 2.14 bits per heavy atom. The molecule has 1 heterocycles. The van der Waals surface area contributed by atoms with Crippen molar-refractivity contribution >= 4 is 0 Å². The molecular formula is C10H16N2O2. The van der Waals surface area contributed by atoms with Crippen LogP contribution < -0.4 is 10.6 Å². The molecule has 4 nitrogen and oxygen atoms in total. The van der Waals surface area contributed by atoms with Crippen molar-refractivity contribution in [1.82, 2.24) is 4.98 Å². The van der Waals surface area contributed by atoms with E-state index in [0.717, 1.165) is 11.3 Å². The molecule has 1 rings (SSSR count). The second kappa shape index (κ2) is 4.39. The summed E-state index contributed by atoms with van der Waals surface area (Å²) in [5, 5.41) is 0. The first-order chi connectivity index (χ1) is 6.60. The quantitative estimate of drug-likeness (QED) is 0.736. The molecule has 0 saturated heterocycles. The molecule has 0 aliphatic rings. The highest BCUT2D eigenvalue weighted by Gasteiger charge is 2.21. The number of rotatable bonds is 4. The van der Waals surface area contributed by atoms with E-state index in [1.165, 1.54) is 0 Å². The van der Waals surface area contributed by atoms with E-state index < -0.39 is 0 Å². The highest BCUT2D eigenvalue weighted by molar-refractivity contribution is 5.28. The SMILES string of the molecule is COc1cncc(C(C)(C)CON)c1. The molecule has 2 N–H and O–H groups in total. The molecule has 78 valence electrons. The summed E-state index contributed by atoms with van der Waals surface area (Å²) in [6.07, 6.45) is 3.46. The molecule has 1 aromatic heterocycles. The first-order valence-electron chi connectivity index (χ1n) is 4.41. The molecule has 1 aromatic rings. The number of pyridine rings is 1. The van der Waals surface area contributed by atoms with Crippen LogP contribution in [0.1, 0.15) is 19.4 Å². The van der Waals surface area contributed by atoms with Crippen LogP contribution in [0.5, 0.6) is 5.75 Å². The van der Waals surface area contributed by atoms with Gasteiger partial charge in [0.2, 0.25) is 0 Å². The molecule has 0 aliphatic carbocycles. The van der Waals surface area contributed by atoms with Gasteiger partial charge in [0.05, 0.1) is 19.9 Å². The third-order valence-electron chi connectivity index (χ3n) is 2.17. The zero-order chi connectivity index (χ0) is 10.6. The van der Waals surface area contributed by atoms with Gasteiger partial charge in [-0.15, -0.1) is 0 Å². The van der Waals surface area contributed by atoms with Crippen LogP contribution in [0.25, 0.3) is 0 Å². The summed E-state index contributed by atoms with van der Waals surface area (Å²) in [6, 6.07) is 1.94. The molecule has 0 aromatic carbocycles. The number of nitrogens with two attached hydrogens (primary N) is 1. The van der Waals surface area contributed by atoms with Crippen molar-refractivity contribution in [2.45, 2.75) is 19.3 Å². The number of nitrogens with zero attached hydrogens (tertiary/aromatic N) is 1. The van der Waals surface area contributed by atoms with E-state index in [-0.39, 0.29) is 5.41 Å². The van der Waals surface area contributed by atoms with Crippen molar-refractivity contribution in [2.75, 3.05) is 13.7 Å². The fourth-order valence-electron chi connectivity index (χ4n) is 1.19. The summed E-state index contributed by atoms with van der Waals surface area (Å²) >= 11 is 0. The second-order valence-electron chi connectivity index (χ2n) is 3.81. The van der Waals surface area contributed by atoms with E-state index in [0.29, 0.717) is 6.61 Å². The minimum Gasteiger partial charge on any atom is -0.495 e. The van der Waals surface area contributed by atoms with Crippen LogP contribution in [-0.2, 0) is 10.3 Å². The highest BCUT2D eigenvalue weighted by Crippen LogP contribution is 2.25. The third-order valence-corrected chi connectivity index (χ3v) is 2.17. The Bertz CT molecular complexity index is 300. The van der Waals surface area contributed by atoms with Crippen molar-refractivity contribution < 1.29 is 9.57 Å². The van der Waals surface area contributed by atoms with Gasteiger partial charge < -0.3 is 9.57 Å². The minimum atomic E-state index is -0.156. The van der Waals surface area contributed by atoms with Crippen LogP contribution in [0, 0.1) is 0 Å². The van der Waals surface area contributed by atoms with Crippen molar-refractivity contribution in [3.8, 4) is 5.75 Å². The normalized spacial score (nSPS) is 11.4. The van der Waals surface area contributed by atoms with Crippen LogP contribution in [0.4, 0.5) is 0 Å². The number of hydrogen-bond acceptors (Lipinski definition) is 4. The molecule has 0 amide bonds. The highest BCUT2D eigenvalue weighted by atomic mass is 16.6. The maximum atomic E-state index is 5.09. The van der Waals surface area contributed by atoms with Gasteiger partial charge in [0.25, 0.3) is 0 Å². The van der Waals surface area contributed by atoms with E-state index in [9.17, 15) is 0 Å². The fourth-order valence-corrected chi connectivity index (χ4v) is 1.19. The summed E-state index contributed by atoms with van der Waals surface area (Å²) in [5.74, 6) is 5.81.